The molecule has 3 nitrogen and oxygen atoms in total. The van der Waals surface area contributed by atoms with Crippen LogP contribution in [0.15, 0.2) is 12.1 Å². The Labute approximate surface area is 97.8 Å². The number of esters is 1. The van der Waals surface area contributed by atoms with E-state index in [0.29, 0.717) is 0 Å². The Morgan fingerprint density at radius 3 is 2.35 bits per heavy atom. The lowest BCUT2D eigenvalue weighted by Gasteiger charge is -2.21. The highest BCUT2D eigenvalue weighted by Gasteiger charge is 2.19. The maximum atomic E-state index is 12.8. The largest absolute Gasteiger partial charge is 0.459 e. The van der Waals surface area contributed by atoms with E-state index in [4.69, 9.17) is 4.74 Å². The van der Waals surface area contributed by atoms with E-state index in [1.165, 1.54) is 0 Å². The molecule has 0 saturated heterocycles. The number of carbonyl (C=O) groups is 1. The molecule has 0 spiro atoms. The Morgan fingerprint density at radius 1 is 1.18 bits per heavy atom. The van der Waals surface area contributed by atoms with Crippen molar-refractivity contribution in [2.24, 2.45) is 0 Å². The van der Waals surface area contributed by atoms with Gasteiger partial charge in [-0.15, -0.1) is 0 Å². The molecule has 1 aliphatic rings. The summed E-state index contributed by atoms with van der Waals surface area (Å²) in [5.41, 5.74) is -0.124. The van der Waals surface area contributed by atoms with Gasteiger partial charge in [0.1, 0.15) is 6.10 Å². The average Bonchev–Trinajstić information content (AvgIpc) is 2.29. The molecule has 0 aromatic carbocycles. The summed E-state index contributed by atoms with van der Waals surface area (Å²) >= 11 is 0. The van der Waals surface area contributed by atoms with Crippen LogP contribution < -0.4 is 0 Å². The fourth-order valence-corrected chi connectivity index (χ4v) is 1.99. The van der Waals surface area contributed by atoms with Crippen molar-refractivity contribution in [3.63, 3.8) is 0 Å². The van der Waals surface area contributed by atoms with Crippen LogP contribution in [0.4, 0.5) is 8.78 Å². The molecule has 1 aromatic heterocycles. The van der Waals surface area contributed by atoms with Gasteiger partial charge in [-0.05, 0) is 25.7 Å². The smallest absolute Gasteiger partial charge is 0.338 e. The van der Waals surface area contributed by atoms with Crippen molar-refractivity contribution in [3.8, 4) is 0 Å². The van der Waals surface area contributed by atoms with Crippen molar-refractivity contribution in [1.29, 1.82) is 0 Å². The number of rotatable bonds is 2. The fourth-order valence-electron chi connectivity index (χ4n) is 1.99. The molecule has 0 amide bonds. The van der Waals surface area contributed by atoms with E-state index in [-0.39, 0.29) is 11.7 Å². The molecule has 2 rings (SSSR count). The lowest BCUT2D eigenvalue weighted by atomic mass is 9.98. The minimum absolute atomic E-state index is 0.124. The van der Waals surface area contributed by atoms with Crippen molar-refractivity contribution in [2.75, 3.05) is 0 Å². The molecule has 1 aromatic rings. The van der Waals surface area contributed by atoms with Gasteiger partial charge in [0.05, 0.1) is 5.56 Å². The van der Waals surface area contributed by atoms with E-state index in [2.05, 4.69) is 4.98 Å². The average molecular weight is 241 g/mol. The molecule has 0 N–H and O–H groups in total. The molecular formula is C12H13F2NO2. The zero-order chi connectivity index (χ0) is 12.3. The molecule has 92 valence electrons. The summed E-state index contributed by atoms with van der Waals surface area (Å²) in [6.07, 6.45) is 4.71. The third kappa shape index (κ3) is 3.22. The third-order valence-electron chi connectivity index (χ3n) is 2.82. The second kappa shape index (κ2) is 5.21. The monoisotopic (exact) mass is 241 g/mol. The lowest BCUT2D eigenvalue weighted by molar-refractivity contribution is 0.0209. The van der Waals surface area contributed by atoms with Gasteiger partial charge >= 0.3 is 5.97 Å². The highest BCUT2D eigenvalue weighted by atomic mass is 19.1. The zero-order valence-corrected chi connectivity index (χ0v) is 9.29. The van der Waals surface area contributed by atoms with Crippen molar-refractivity contribution in [2.45, 2.75) is 38.2 Å². The summed E-state index contributed by atoms with van der Waals surface area (Å²) in [7, 11) is 0. The van der Waals surface area contributed by atoms with Gasteiger partial charge in [-0.25, -0.2) is 4.79 Å². The molecule has 1 heterocycles. The topological polar surface area (TPSA) is 39.2 Å². The predicted octanol–water partition coefficient (Wildman–Crippen LogP) is 2.85. The van der Waals surface area contributed by atoms with Crippen LogP contribution in [-0.2, 0) is 4.74 Å². The first-order valence-corrected chi connectivity index (χ1v) is 5.69. The van der Waals surface area contributed by atoms with Gasteiger partial charge in [-0.2, -0.15) is 13.8 Å². The Balaban J connectivity index is 2.03. The Morgan fingerprint density at radius 2 is 1.76 bits per heavy atom. The van der Waals surface area contributed by atoms with Crippen molar-refractivity contribution < 1.29 is 18.3 Å². The van der Waals surface area contributed by atoms with E-state index in [1.54, 1.807) is 0 Å². The van der Waals surface area contributed by atoms with Gasteiger partial charge in [-0.1, -0.05) is 6.42 Å². The first-order valence-electron chi connectivity index (χ1n) is 5.69. The molecule has 5 heteroatoms. The second-order valence-electron chi connectivity index (χ2n) is 4.17. The van der Waals surface area contributed by atoms with Gasteiger partial charge in [-0.3, -0.25) is 0 Å². The second-order valence-corrected chi connectivity index (χ2v) is 4.17. The molecule has 1 saturated carbocycles. The normalized spacial score (nSPS) is 16.8. The number of hydrogen-bond acceptors (Lipinski definition) is 3. The quantitative estimate of drug-likeness (QED) is 0.590. The van der Waals surface area contributed by atoms with Gasteiger partial charge in [0.15, 0.2) is 0 Å². The molecule has 0 aliphatic heterocycles. The van der Waals surface area contributed by atoms with E-state index < -0.39 is 17.9 Å². The van der Waals surface area contributed by atoms with Gasteiger partial charge in [0.25, 0.3) is 0 Å². The van der Waals surface area contributed by atoms with Crippen LogP contribution in [0, 0.1) is 11.9 Å². The van der Waals surface area contributed by atoms with Crippen LogP contribution in [0.1, 0.15) is 42.5 Å². The number of carbonyl (C=O) groups excluding carboxylic acids is 1. The molecular weight excluding hydrogens is 228 g/mol. The SMILES string of the molecule is O=C(OC1CCCCC1)c1cc(F)nc(F)c1. The van der Waals surface area contributed by atoms with Gasteiger partial charge in [0.2, 0.25) is 11.9 Å². The maximum Gasteiger partial charge on any atom is 0.338 e. The minimum atomic E-state index is -1.01. The van der Waals surface area contributed by atoms with E-state index in [1.807, 2.05) is 0 Å². The molecule has 1 aliphatic carbocycles. The number of aromatic nitrogens is 1. The number of ether oxygens (including phenoxy) is 1. The standard InChI is InChI=1S/C12H13F2NO2/c13-10-6-8(7-11(14)15-10)12(16)17-9-4-2-1-3-5-9/h6-7,9H,1-5H2. The summed E-state index contributed by atoms with van der Waals surface area (Å²) in [4.78, 5) is 14.6. The Kier molecular flexibility index (Phi) is 3.66. The van der Waals surface area contributed by atoms with Crippen molar-refractivity contribution in [1.82, 2.24) is 4.98 Å². The van der Waals surface area contributed by atoms with Crippen molar-refractivity contribution >= 4 is 5.97 Å². The third-order valence-corrected chi connectivity index (χ3v) is 2.82. The fraction of sp³-hybridized carbons (Fsp3) is 0.500. The summed E-state index contributed by atoms with van der Waals surface area (Å²) in [5, 5.41) is 0. The Bertz CT molecular complexity index is 397. The predicted molar refractivity (Wildman–Crippen MR) is 56.4 cm³/mol. The van der Waals surface area contributed by atoms with E-state index in [9.17, 15) is 13.6 Å². The summed E-state index contributed by atoms with van der Waals surface area (Å²) in [6.45, 7) is 0. The number of halogens is 2. The summed E-state index contributed by atoms with van der Waals surface area (Å²) in [6, 6.07) is 1.77. The van der Waals surface area contributed by atoms with Crippen molar-refractivity contribution in [3.05, 3.63) is 29.6 Å². The van der Waals surface area contributed by atoms with Gasteiger partial charge < -0.3 is 4.74 Å². The maximum absolute atomic E-state index is 12.8. The Hall–Kier alpha value is -1.52. The van der Waals surface area contributed by atoms with Gasteiger partial charge in [0, 0.05) is 12.1 Å². The summed E-state index contributed by atoms with van der Waals surface area (Å²) < 4.78 is 30.8. The summed E-state index contributed by atoms with van der Waals surface area (Å²) in [5.74, 6) is -2.71. The molecule has 0 bridgehead atoms. The number of hydrogen-bond donors (Lipinski definition) is 0. The lowest BCUT2D eigenvalue weighted by Crippen LogP contribution is -2.21. The molecule has 0 unspecified atom stereocenters. The molecule has 0 radical (unpaired) electrons. The van der Waals surface area contributed by atoms with Crippen LogP contribution in [0.3, 0.4) is 0 Å². The van der Waals surface area contributed by atoms with Crippen LogP contribution >= 0.6 is 0 Å². The minimum Gasteiger partial charge on any atom is -0.459 e. The van der Waals surface area contributed by atoms with E-state index in [0.717, 1.165) is 44.2 Å². The first kappa shape index (κ1) is 12.0. The van der Waals surface area contributed by atoms with E-state index >= 15 is 0 Å². The zero-order valence-electron chi connectivity index (χ0n) is 9.29. The van der Waals surface area contributed by atoms with Crippen LogP contribution in [0.2, 0.25) is 0 Å². The van der Waals surface area contributed by atoms with Crippen LogP contribution in [0.5, 0.6) is 0 Å². The number of pyridine rings is 1. The van der Waals surface area contributed by atoms with Crippen LogP contribution in [0.25, 0.3) is 0 Å². The molecule has 0 atom stereocenters. The highest BCUT2D eigenvalue weighted by molar-refractivity contribution is 5.89. The molecule has 17 heavy (non-hydrogen) atoms. The highest BCUT2D eigenvalue weighted by Crippen LogP contribution is 2.21. The first-order chi connectivity index (χ1) is 8.15. The molecule has 1 fully saturated rings. The van der Waals surface area contributed by atoms with Crippen LogP contribution in [-0.4, -0.2) is 17.1 Å². The number of nitrogens with zero attached hydrogens (tertiary/aromatic N) is 1.